The molecule has 104 valence electrons. The van der Waals surface area contributed by atoms with Gasteiger partial charge in [-0.05, 0) is 18.6 Å². The molecule has 1 aromatic rings. The summed E-state index contributed by atoms with van der Waals surface area (Å²) >= 11 is 0. The summed E-state index contributed by atoms with van der Waals surface area (Å²) in [6.07, 6.45) is 1.96. The van der Waals surface area contributed by atoms with Crippen LogP contribution in [-0.2, 0) is 9.84 Å². The van der Waals surface area contributed by atoms with E-state index in [9.17, 15) is 13.2 Å². The number of nitrogens with two attached hydrogens (primary N) is 1. The molecule has 8 heteroatoms. The average Bonchev–Trinajstić information content (AvgIpc) is 2.59. The minimum Gasteiger partial charge on any atom is -0.338 e. The average molecular weight is 284 g/mol. The first-order valence-corrected chi connectivity index (χ1v) is 7.76. The van der Waals surface area contributed by atoms with Crippen molar-refractivity contribution in [2.45, 2.75) is 6.42 Å². The molecule has 0 atom stereocenters. The predicted molar refractivity (Wildman–Crippen MR) is 71.2 cm³/mol. The van der Waals surface area contributed by atoms with E-state index < -0.39 is 9.84 Å². The van der Waals surface area contributed by atoms with Crippen LogP contribution in [-0.4, -0.2) is 48.8 Å². The lowest BCUT2D eigenvalue weighted by molar-refractivity contribution is 0.0768. The zero-order valence-electron chi connectivity index (χ0n) is 10.4. The Labute approximate surface area is 111 Å². The maximum atomic E-state index is 12.3. The number of carbonyl (C=O) groups is 1. The van der Waals surface area contributed by atoms with E-state index >= 15 is 0 Å². The molecule has 1 amide bonds. The summed E-state index contributed by atoms with van der Waals surface area (Å²) in [4.78, 5) is 17.7. The summed E-state index contributed by atoms with van der Waals surface area (Å²) in [5.74, 6) is 5.60. The van der Waals surface area contributed by atoms with Crippen molar-refractivity contribution in [3.05, 3.63) is 23.9 Å². The van der Waals surface area contributed by atoms with Gasteiger partial charge in [-0.25, -0.2) is 19.2 Å². The summed E-state index contributed by atoms with van der Waals surface area (Å²) in [6.45, 7) is 0.681. The molecule has 1 aliphatic heterocycles. The van der Waals surface area contributed by atoms with Gasteiger partial charge in [0.2, 0.25) is 0 Å². The van der Waals surface area contributed by atoms with Gasteiger partial charge in [-0.15, -0.1) is 0 Å². The number of sulfone groups is 1. The smallest absolute Gasteiger partial charge is 0.254 e. The molecular weight excluding hydrogens is 268 g/mol. The summed E-state index contributed by atoms with van der Waals surface area (Å²) in [5, 5.41) is 0. The van der Waals surface area contributed by atoms with E-state index in [-0.39, 0.29) is 24.0 Å². The zero-order valence-corrected chi connectivity index (χ0v) is 11.2. The molecule has 7 nitrogen and oxygen atoms in total. The summed E-state index contributed by atoms with van der Waals surface area (Å²) in [6, 6.07) is 3.13. The Morgan fingerprint density at radius 1 is 1.37 bits per heavy atom. The molecule has 3 N–H and O–H groups in total. The number of nitrogen functional groups attached to an aromatic ring is 1. The summed E-state index contributed by atoms with van der Waals surface area (Å²) in [7, 11) is -3.02. The van der Waals surface area contributed by atoms with Gasteiger partial charge in [-0.1, -0.05) is 0 Å². The highest BCUT2D eigenvalue weighted by atomic mass is 32.2. The molecule has 0 spiro atoms. The number of anilines is 1. The van der Waals surface area contributed by atoms with Gasteiger partial charge in [-0.3, -0.25) is 4.79 Å². The molecule has 0 saturated carbocycles. The van der Waals surface area contributed by atoms with Gasteiger partial charge in [0.25, 0.3) is 5.91 Å². The highest BCUT2D eigenvalue weighted by molar-refractivity contribution is 7.91. The molecule has 0 radical (unpaired) electrons. The van der Waals surface area contributed by atoms with Gasteiger partial charge in [0, 0.05) is 24.8 Å². The van der Waals surface area contributed by atoms with Crippen LogP contribution in [0.3, 0.4) is 0 Å². The van der Waals surface area contributed by atoms with Gasteiger partial charge in [-0.2, -0.15) is 0 Å². The fraction of sp³-hybridized carbons (Fsp3) is 0.455. The molecule has 1 fully saturated rings. The van der Waals surface area contributed by atoms with E-state index in [0.29, 0.717) is 24.3 Å². The Bertz CT molecular complexity index is 573. The molecule has 1 aromatic heterocycles. The number of hydrogen-bond acceptors (Lipinski definition) is 6. The maximum absolute atomic E-state index is 12.3. The third kappa shape index (κ3) is 3.42. The molecular formula is C11H16N4O3S. The Hall–Kier alpha value is -1.67. The van der Waals surface area contributed by atoms with Crippen LogP contribution in [0.2, 0.25) is 0 Å². The molecule has 1 saturated heterocycles. The Morgan fingerprint density at radius 2 is 2.16 bits per heavy atom. The van der Waals surface area contributed by atoms with Gasteiger partial charge in [0.15, 0.2) is 9.84 Å². The predicted octanol–water partition coefficient (Wildman–Crippen LogP) is -0.372. The number of nitrogens with one attached hydrogen (secondary N) is 1. The number of nitrogens with zero attached hydrogens (tertiary/aromatic N) is 2. The topological polar surface area (TPSA) is 105 Å². The monoisotopic (exact) mass is 284 g/mol. The second kappa shape index (κ2) is 5.54. The van der Waals surface area contributed by atoms with E-state index in [2.05, 4.69) is 10.4 Å². The van der Waals surface area contributed by atoms with Crippen molar-refractivity contribution < 1.29 is 13.2 Å². The van der Waals surface area contributed by atoms with Crippen LogP contribution in [0.25, 0.3) is 0 Å². The quantitative estimate of drug-likeness (QED) is 0.567. The number of pyridine rings is 1. The van der Waals surface area contributed by atoms with Crippen molar-refractivity contribution in [3.63, 3.8) is 0 Å². The minimum atomic E-state index is -3.02. The molecule has 0 unspecified atom stereocenters. The zero-order chi connectivity index (χ0) is 13.9. The van der Waals surface area contributed by atoms with Gasteiger partial charge < -0.3 is 10.3 Å². The minimum absolute atomic E-state index is 0.0197. The lowest BCUT2D eigenvalue weighted by Gasteiger charge is -2.19. The molecule has 19 heavy (non-hydrogen) atoms. The SMILES string of the molecule is NNc1cc(C(=O)N2CCCS(=O)(=O)CC2)ccn1. The molecule has 2 heterocycles. The second-order valence-corrected chi connectivity index (χ2v) is 6.68. The number of hydrogen-bond donors (Lipinski definition) is 2. The number of aromatic nitrogens is 1. The van der Waals surface area contributed by atoms with Crippen molar-refractivity contribution in [3.8, 4) is 0 Å². The first kappa shape index (κ1) is 13.8. The normalized spacial score (nSPS) is 18.7. The molecule has 0 aliphatic carbocycles. The van der Waals surface area contributed by atoms with Crippen molar-refractivity contribution >= 4 is 21.6 Å². The van der Waals surface area contributed by atoms with Crippen LogP contribution in [0.4, 0.5) is 5.82 Å². The first-order valence-electron chi connectivity index (χ1n) is 5.94. The molecule has 1 aliphatic rings. The molecule has 0 bridgehead atoms. The van der Waals surface area contributed by atoms with Crippen molar-refractivity contribution in [1.82, 2.24) is 9.88 Å². The van der Waals surface area contributed by atoms with E-state index in [1.165, 1.54) is 6.20 Å². The summed E-state index contributed by atoms with van der Waals surface area (Å²) in [5.41, 5.74) is 2.82. The lowest BCUT2D eigenvalue weighted by Crippen LogP contribution is -2.33. The Morgan fingerprint density at radius 3 is 2.89 bits per heavy atom. The third-order valence-corrected chi connectivity index (χ3v) is 4.71. The van der Waals surface area contributed by atoms with Gasteiger partial charge in [0.05, 0.1) is 11.5 Å². The second-order valence-electron chi connectivity index (χ2n) is 4.37. The van der Waals surface area contributed by atoms with Crippen LogP contribution < -0.4 is 11.3 Å². The van der Waals surface area contributed by atoms with Crippen LogP contribution in [0.15, 0.2) is 18.3 Å². The summed E-state index contributed by atoms with van der Waals surface area (Å²) < 4.78 is 23.0. The molecule has 2 rings (SSSR count). The van der Waals surface area contributed by atoms with Gasteiger partial charge in [0.1, 0.15) is 5.82 Å². The third-order valence-electron chi connectivity index (χ3n) is 3.00. The maximum Gasteiger partial charge on any atom is 0.254 e. The Kier molecular flexibility index (Phi) is 4.01. The fourth-order valence-electron chi connectivity index (χ4n) is 1.97. The van der Waals surface area contributed by atoms with Crippen molar-refractivity contribution in [2.75, 3.05) is 30.0 Å². The number of amides is 1. The van der Waals surface area contributed by atoms with Crippen LogP contribution >= 0.6 is 0 Å². The number of carbonyl (C=O) groups excluding carboxylic acids is 1. The van der Waals surface area contributed by atoms with E-state index in [1.54, 1.807) is 17.0 Å². The van der Waals surface area contributed by atoms with Crippen LogP contribution in [0, 0.1) is 0 Å². The highest BCUT2D eigenvalue weighted by Gasteiger charge is 2.23. The molecule has 0 aromatic carbocycles. The highest BCUT2D eigenvalue weighted by Crippen LogP contribution is 2.12. The van der Waals surface area contributed by atoms with Crippen molar-refractivity contribution in [1.29, 1.82) is 0 Å². The van der Waals surface area contributed by atoms with E-state index in [1.807, 2.05) is 0 Å². The standard InChI is InChI=1S/C11H16N4O3S/c12-14-10-8-9(2-3-13-10)11(16)15-4-1-6-19(17,18)7-5-15/h2-3,8H,1,4-7,12H2,(H,13,14). The van der Waals surface area contributed by atoms with Crippen molar-refractivity contribution in [2.24, 2.45) is 5.84 Å². The lowest BCUT2D eigenvalue weighted by atomic mass is 10.2. The number of hydrazine groups is 1. The first-order chi connectivity index (χ1) is 9.02. The number of rotatable bonds is 2. The Balaban J connectivity index is 2.14. The van der Waals surface area contributed by atoms with Crippen LogP contribution in [0.5, 0.6) is 0 Å². The fourth-order valence-corrected chi connectivity index (χ4v) is 3.24. The van der Waals surface area contributed by atoms with Gasteiger partial charge >= 0.3 is 0 Å². The van der Waals surface area contributed by atoms with E-state index in [0.717, 1.165) is 0 Å². The largest absolute Gasteiger partial charge is 0.338 e. The van der Waals surface area contributed by atoms with E-state index in [4.69, 9.17) is 5.84 Å². The van der Waals surface area contributed by atoms with Crippen LogP contribution in [0.1, 0.15) is 16.8 Å².